The first kappa shape index (κ1) is 22.5. The molecule has 168 valence electrons. The van der Waals surface area contributed by atoms with Gasteiger partial charge in [0.1, 0.15) is 11.9 Å². The molecular formula is C26H32N4O2. The Labute approximate surface area is 190 Å². The van der Waals surface area contributed by atoms with Crippen LogP contribution in [0, 0.1) is 13.8 Å². The maximum absolute atomic E-state index is 6.12. The lowest BCUT2D eigenvalue weighted by atomic mass is 10.0. The predicted octanol–water partition coefficient (Wildman–Crippen LogP) is 3.84. The minimum atomic E-state index is -0.0256. The summed E-state index contributed by atoms with van der Waals surface area (Å²) >= 11 is 0. The number of benzene rings is 1. The Bertz CT molecular complexity index is 1010. The fourth-order valence-corrected chi connectivity index (χ4v) is 4.05. The summed E-state index contributed by atoms with van der Waals surface area (Å²) in [5.74, 6) is 0.820. The van der Waals surface area contributed by atoms with Crippen molar-refractivity contribution in [3.63, 3.8) is 0 Å². The van der Waals surface area contributed by atoms with Crippen LogP contribution in [0.15, 0.2) is 48.8 Å². The van der Waals surface area contributed by atoms with Crippen molar-refractivity contribution < 1.29 is 9.47 Å². The molecule has 1 aromatic carbocycles. The molecule has 0 aliphatic carbocycles. The van der Waals surface area contributed by atoms with Gasteiger partial charge in [0.25, 0.3) is 0 Å². The van der Waals surface area contributed by atoms with Gasteiger partial charge in [0.15, 0.2) is 0 Å². The molecule has 0 bridgehead atoms. The standard InChI is InChI=1S/C26H32N4O2/c1-19-4-6-21(7-5-19)13-22-12-20(2)29-24(14-22)25-18-30(9-11-32-25)17-23-15-27-26(28-16-23)8-10-31-3/h4-7,12,14-16,25H,8-11,13,17-18H2,1-3H3/t25-/m0/s1. The zero-order chi connectivity index (χ0) is 22.3. The highest BCUT2D eigenvalue weighted by molar-refractivity contribution is 5.31. The molecule has 1 fully saturated rings. The zero-order valence-electron chi connectivity index (χ0n) is 19.3. The Balaban J connectivity index is 1.41. The van der Waals surface area contributed by atoms with Gasteiger partial charge in [-0.1, -0.05) is 29.8 Å². The van der Waals surface area contributed by atoms with Gasteiger partial charge in [0.2, 0.25) is 0 Å². The number of hydrogen-bond acceptors (Lipinski definition) is 6. The van der Waals surface area contributed by atoms with Crippen LogP contribution in [0.25, 0.3) is 0 Å². The summed E-state index contributed by atoms with van der Waals surface area (Å²) in [5.41, 5.74) is 7.04. The Morgan fingerprint density at radius 2 is 1.81 bits per heavy atom. The van der Waals surface area contributed by atoms with E-state index in [9.17, 15) is 0 Å². The van der Waals surface area contributed by atoms with E-state index >= 15 is 0 Å². The average Bonchev–Trinajstić information content (AvgIpc) is 2.80. The molecule has 6 heteroatoms. The number of ether oxygens (including phenoxy) is 2. The van der Waals surface area contributed by atoms with Gasteiger partial charge in [-0.3, -0.25) is 9.88 Å². The van der Waals surface area contributed by atoms with Gasteiger partial charge >= 0.3 is 0 Å². The van der Waals surface area contributed by atoms with Crippen LogP contribution in [0.5, 0.6) is 0 Å². The highest BCUT2D eigenvalue weighted by Crippen LogP contribution is 2.24. The van der Waals surface area contributed by atoms with E-state index in [0.717, 1.165) is 55.3 Å². The Morgan fingerprint density at radius 1 is 1.03 bits per heavy atom. The summed E-state index contributed by atoms with van der Waals surface area (Å²) in [6.07, 6.45) is 5.46. The van der Waals surface area contributed by atoms with Crippen LogP contribution in [0.3, 0.4) is 0 Å². The number of aromatic nitrogens is 3. The number of aryl methyl sites for hydroxylation is 2. The normalized spacial score (nSPS) is 16.9. The van der Waals surface area contributed by atoms with Crippen LogP contribution >= 0.6 is 0 Å². The van der Waals surface area contributed by atoms with Crippen molar-refractivity contribution in [1.29, 1.82) is 0 Å². The maximum Gasteiger partial charge on any atom is 0.130 e. The van der Waals surface area contributed by atoms with Crippen molar-refractivity contribution >= 4 is 0 Å². The molecule has 1 aliphatic heterocycles. The largest absolute Gasteiger partial charge is 0.384 e. The minimum absolute atomic E-state index is 0.0256. The highest BCUT2D eigenvalue weighted by atomic mass is 16.5. The Hall–Kier alpha value is -2.67. The topological polar surface area (TPSA) is 60.4 Å². The molecule has 0 radical (unpaired) electrons. The minimum Gasteiger partial charge on any atom is -0.384 e. The highest BCUT2D eigenvalue weighted by Gasteiger charge is 2.24. The lowest BCUT2D eigenvalue weighted by Crippen LogP contribution is -2.38. The molecule has 3 heterocycles. The smallest absolute Gasteiger partial charge is 0.130 e. The molecule has 32 heavy (non-hydrogen) atoms. The molecule has 0 unspecified atom stereocenters. The summed E-state index contributed by atoms with van der Waals surface area (Å²) < 4.78 is 11.2. The molecule has 0 spiro atoms. The Morgan fingerprint density at radius 3 is 2.56 bits per heavy atom. The third kappa shape index (κ3) is 6.19. The van der Waals surface area contributed by atoms with Crippen LogP contribution in [0.1, 0.15) is 45.6 Å². The molecule has 1 aliphatic rings. The molecule has 0 N–H and O–H groups in total. The van der Waals surface area contributed by atoms with E-state index in [1.54, 1.807) is 7.11 Å². The fourth-order valence-electron chi connectivity index (χ4n) is 4.05. The van der Waals surface area contributed by atoms with Gasteiger partial charge in [0, 0.05) is 56.8 Å². The van der Waals surface area contributed by atoms with E-state index < -0.39 is 0 Å². The van der Waals surface area contributed by atoms with Crippen LogP contribution in [0.4, 0.5) is 0 Å². The van der Waals surface area contributed by atoms with Gasteiger partial charge in [-0.05, 0) is 43.5 Å². The first-order valence-electron chi connectivity index (χ1n) is 11.2. The molecule has 2 aromatic heterocycles. The molecule has 6 nitrogen and oxygen atoms in total. The SMILES string of the molecule is COCCc1ncc(CN2CCO[C@H](c3cc(Cc4ccc(C)cc4)cc(C)n3)C2)cn1. The van der Waals surface area contributed by atoms with Crippen LogP contribution in [-0.4, -0.2) is 53.3 Å². The van der Waals surface area contributed by atoms with Crippen molar-refractivity contribution in [2.45, 2.75) is 39.3 Å². The van der Waals surface area contributed by atoms with E-state index in [1.807, 2.05) is 12.4 Å². The number of morpholine rings is 1. The molecule has 4 rings (SSSR count). The lowest BCUT2D eigenvalue weighted by Gasteiger charge is -2.32. The molecule has 0 amide bonds. The zero-order valence-corrected chi connectivity index (χ0v) is 19.3. The molecule has 1 atom stereocenters. The second-order valence-electron chi connectivity index (χ2n) is 8.55. The summed E-state index contributed by atoms with van der Waals surface area (Å²) in [6.45, 7) is 8.03. The molecule has 1 saturated heterocycles. The molecular weight excluding hydrogens is 400 g/mol. The second kappa shape index (κ2) is 10.8. The summed E-state index contributed by atoms with van der Waals surface area (Å²) in [6, 6.07) is 13.1. The average molecular weight is 433 g/mol. The Kier molecular flexibility index (Phi) is 7.58. The van der Waals surface area contributed by atoms with E-state index in [-0.39, 0.29) is 6.10 Å². The van der Waals surface area contributed by atoms with E-state index in [0.29, 0.717) is 13.2 Å². The summed E-state index contributed by atoms with van der Waals surface area (Å²) in [7, 11) is 1.69. The number of hydrogen-bond donors (Lipinski definition) is 0. The third-order valence-corrected chi connectivity index (χ3v) is 5.74. The summed E-state index contributed by atoms with van der Waals surface area (Å²) in [4.78, 5) is 16.1. The van der Waals surface area contributed by atoms with Gasteiger partial charge in [-0.15, -0.1) is 0 Å². The van der Waals surface area contributed by atoms with Crippen molar-refractivity contribution in [2.75, 3.05) is 33.4 Å². The quantitative estimate of drug-likeness (QED) is 0.539. The van der Waals surface area contributed by atoms with E-state index in [2.05, 4.69) is 65.1 Å². The van der Waals surface area contributed by atoms with Crippen LogP contribution in [0.2, 0.25) is 0 Å². The van der Waals surface area contributed by atoms with Gasteiger partial charge in [0.05, 0.1) is 18.9 Å². The fraction of sp³-hybridized carbons (Fsp3) is 0.423. The number of rotatable bonds is 8. The van der Waals surface area contributed by atoms with Gasteiger partial charge in [-0.2, -0.15) is 0 Å². The monoisotopic (exact) mass is 432 g/mol. The predicted molar refractivity (Wildman–Crippen MR) is 125 cm³/mol. The number of methoxy groups -OCH3 is 1. The van der Waals surface area contributed by atoms with Crippen molar-refractivity contribution in [2.24, 2.45) is 0 Å². The first-order valence-corrected chi connectivity index (χ1v) is 11.2. The van der Waals surface area contributed by atoms with E-state index in [4.69, 9.17) is 14.5 Å². The van der Waals surface area contributed by atoms with Crippen LogP contribution in [-0.2, 0) is 28.9 Å². The maximum atomic E-state index is 6.12. The third-order valence-electron chi connectivity index (χ3n) is 5.74. The van der Waals surface area contributed by atoms with Crippen molar-refractivity contribution in [1.82, 2.24) is 19.9 Å². The second-order valence-corrected chi connectivity index (χ2v) is 8.55. The van der Waals surface area contributed by atoms with Gasteiger partial charge in [-0.25, -0.2) is 9.97 Å². The summed E-state index contributed by atoms with van der Waals surface area (Å²) in [5, 5.41) is 0. The van der Waals surface area contributed by atoms with Gasteiger partial charge < -0.3 is 9.47 Å². The number of nitrogens with zero attached hydrogens (tertiary/aromatic N) is 4. The van der Waals surface area contributed by atoms with E-state index in [1.165, 1.54) is 16.7 Å². The van der Waals surface area contributed by atoms with Crippen molar-refractivity contribution in [3.8, 4) is 0 Å². The first-order chi connectivity index (χ1) is 15.6. The molecule has 3 aromatic rings. The number of pyridine rings is 1. The molecule has 0 saturated carbocycles. The lowest BCUT2D eigenvalue weighted by molar-refractivity contribution is -0.0351. The van der Waals surface area contributed by atoms with Crippen molar-refractivity contribution in [3.05, 3.63) is 88.3 Å². The van der Waals surface area contributed by atoms with Crippen LogP contribution < -0.4 is 0 Å².